The fourth-order valence-electron chi connectivity index (χ4n) is 2.49. The molecule has 0 aromatic heterocycles. The maximum atomic E-state index is 11.9. The van der Waals surface area contributed by atoms with E-state index < -0.39 is 0 Å². The number of anilines is 1. The van der Waals surface area contributed by atoms with Gasteiger partial charge in [-0.15, -0.1) is 0 Å². The molecule has 104 valence electrons. The average molecular weight is 325 g/mol. The van der Waals surface area contributed by atoms with E-state index in [2.05, 4.69) is 26.6 Å². The second kappa shape index (κ2) is 6.94. The Morgan fingerprint density at radius 2 is 2.05 bits per heavy atom. The molecule has 0 heterocycles. The largest absolute Gasteiger partial charge is 0.375 e. The van der Waals surface area contributed by atoms with Crippen LogP contribution in [0.5, 0.6) is 0 Å². The van der Waals surface area contributed by atoms with E-state index in [1.807, 2.05) is 25.1 Å². The average Bonchev–Trinajstić information content (AvgIpc) is 2.42. The first-order chi connectivity index (χ1) is 9.16. The van der Waals surface area contributed by atoms with Crippen LogP contribution >= 0.6 is 15.9 Å². The molecule has 0 unspecified atom stereocenters. The standard InChI is InChI=1S/C15H21BrN2O/c1-11-6-5-9-13(15(11)16)17-10-14(19)18-12-7-3-2-4-8-12/h5-6,9,12,17H,2-4,7-8,10H2,1H3,(H,18,19). The van der Waals surface area contributed by atoms with E-state index in [-0.39, 0.29) is 5.91 Å². The van der Waals surface area contributed by atoms with E-state index in [1.165, 1.54) is 19.3 Å². The Morgan fingerprint density at radius 3 is 2.79 bits per heavy atom. The van der Waals surface area contributed by atoms with Gasteiger partial charge in [0.1, 0.15) is 0 Å². The lowest BCUT2D eigenvalue weighted by molar-refractivity contribution is -0.120. The van der Waals surface area contributed by atoms with Gasteiger partial charge in [-0.3, -0.25) is 4.79 Å². The Bertz CT molecular complexity index is 442. The molecular formula is C15H21BrN2O. The van der Waals surface area contributed by atoms with Gasteiger partial charge in [0.2, 0.25) is 5.91 Å². The number of halogens is 1. The van der Waals surface area contributed by atoms with Crippen LogP contribution < -0.4 is 10.6 Å². The van der Waals surface area contributed by atoms with Crippen molar-refractivity contribution in [3.05, 3.63) is 28.2 Å². The lowest BCUT2D eigenvalue weighted by Gasteiger charge is -2.23. The second-order valence-corrected chi connectivity index (χ2v) is 5.99. The molecule has 0 atom stereocenters. The van der Waals surface area contributed by atoms with Gasteiger partial charge in [0.15, 0.2) is 0 Å². The zero-order chi connectivity index (χ0) is 13.7. The van der Waals surface area contributed by atoms with Crippen LogP contribution in [0.3, 0.4) is 0 Å². The molecule has 0 aliphatic heterocycles. The van der Waals surface area contributed by atoms with Crippen LogP contribution in [0.2, 0.25) is 0 Å². The summed E-state index contributed by atoms with van der Waals surface area (Å²) in [5.41, 5.74) is 2.14. The van der Waals surface area contributed by atoms with E-state index in [0.29, 0.717) is 12.6 Å². The quantitative estimate of drug-likeness (QED) is 0.888. The van der Waals surface area contributed by atoms with Crippen LogP contribution in [0.15, 0.2) is 22.7 Å². The number of carbonyl (C=O) groups excluding carboxylic acids is 1. The molecule has 3 nitrogen and oxygen atoms in total. The lowest BCUT2D eigenvalue weighted by Crippen LogP contribution is -2.39. The van der Waals surface area contributed by atoms with Gasteiger partial charge >= 0.3 is 0 Å². The van der Waals surface area contributed by atoms with Gasteiger partial charge in [0.25, 0.3) is 0 Å². The van der Waals surface area contributed by atoms with Gasteiger partial charge in [0.05, 0.1) is 6.54 Å². The Balaban J connectivity index is 1.81. The van der Waals surface area contributed by atoms with Crippen molar-refractivity contribution in [2.75, 3.05) is 11.9 Å². The van der Waals surface area contributed by atoms with E-state index in [4.69, 9.17) is 0 Å². The fraction of sp³-hybridized carbons (Fsp3) is 0.533. The molecule has 4 heteroatoms. The van der Waals surface area contributed by atoms with Crippen LogP contribution in [0.1, 0.15) is 37.7 Å². The van der Waals surface area contributed by atoms with Gasteiger partial charge < -0.3 is 10.6 Å². The summed E-state index contributed by atoms with van der Waals surface area (Å²) in [6.45, 7) is 2.37. The van der Waals surface area contributed by atoms with Crippen molar-refractivity contribution in [3.8, 4) is 0 Å². The summed E-state index contributed by atoms with van der Waals surface area (Å²) in [6, 6.07) is 6.38. The molecule has 1 aliphatic rings. The second-order valence-electron chi connectivity index (χ2n) is 5.19. The fourth-order valence-corrected chi connectivity index (χ4v) is 2.89. The zero-order valence-electron chi connectivity index (χ0n) is 11.3. The number of hydrogen-bond donors (Lipinski definition) is 2. The Kier molecular flexibility index (Phi) is 5.25. The van der Waals surface area contributed by atoms with Crippen LogP contribution in [0.4, 0.5) is 5.69 Å². The molecule has 1 amide bonds. The van der Waals surface area contributed by atoms with Crippen molar-refractivity contribution in [3.63, 3.8) is 0 Å². The Hall–Kier alpha value is -1.03. The maximum Gasteiger partial charge on any atom is 0.239 e. The first-order valence-electron chi connectivity index (χ1n) is 6.95. The summed E-state index contributed by atoms with van der Waals surface area (Å²) >= 11 is 3.53. The van der Waals surface area contributed by atoms with E-state index in [9.17, 15) is 4.79 Å². The Labute approximate surface area is 123 Å². The van der Waals surface area contributed by atoms with Crippen molar-refractivity contribution in [1.82, 2.24) is 5.32 Å². The van der Waals surface area contributed by atoms with Gasteiger partial charge in [-0.05, 0) is 47.3 Å². The van der Waals surface area contributed by atoms with E-state index in [1.54, 1.807) is 0 Å². The third-order valence-corrected chi connectivity index (χ3v) is 4.65. The predicted octanol–water partition coefficient (Wildman–Crippen LogP) is 3.62. The van der Waals surface area contributed by atoms with Crippen LogP contribution in [-0.4, -0.2) is 18.5 Å². The van der Waals surface area contributed by atoms with Crippen molar-refractivity contribution < 1.29 is 4.79 Å². The Morgan fingerprint density at radius 1 is 1.32 bits per heavy atom. The van der Waals surface area contributed by atoms with E-state index in [0.717, 1.165) is 28.6 Å². The third-order valence-electron chi connectivity index (χ3n) is 3.60. The summed E-state index contributed by atoms with van der Waals surface area (Å²) in [5.74, 6) is 0.0836. The number of hydrogen-bond acceptors (Lipinski definition) is 2. The molecule has 2 N–H and O–H groups in total. The third kappa shape index (κ3) is 4.23. The smallest absolute Gasteiger partial charge is 0.239 e. The SMILES string of the molecule is Cc1cccc(NCC(=O)NC2CCCCC2)c1Br. The van der Waals surface area contributed by atoms with Crippen molar-refractivity contribution >= 4 is 27.5 Å². The number of nitrogens with one attached hydrogen (secondary N) is 2. The number of carbonyl (C=O) groups is 1. The summed E-state index contributed by atoms with van der Waals surface area (Å²) in [6.07, 6.45) is 6.03. The first-order valence-corrected chi connectivity index (χ1v) is 7.74. The molecule has 1 aromatic rings. The van der Waals surface area contributed by atoms with Gasteiger partial charge in [-0.1, -0.05) is 31.4 Å². The minimum absolute atomic E-state index is 0.0836. The first kappa shape index (κ1) is 14.4. The highest BCUT2D eigenvalue weighted by atomic mass is 79.9. The maximum absolute atomic E-state index is 11.9. The van der Waals surface area contributed by atoms with Crippen molar-refractivity contribution in [2.24, 2.45) is 0 Å². The molecule has 1 aliphatic carbocycles. The summed E-state index contributed by atoms with van der Waals surface area (Å²) < 4.78 is 1.03. The summed E-state index contributed by atoms with van der Waals surface area (Å²) in [7, 11) is 0. The molecule has 0 bridgehead atoms. The van der Waals surface area contributed by atoms with Crippen LogP contribution in [0.25, 0.3) is 0 Å². The minimum atomic E-state index is 0.0836. The molecule has 2 rings (SSSR count). The van der Waals surface area contributed by atoms with Crippen LogP contribution in [-0.2, 0) is 4.79 Å². The van der Waals surface area contributed by atoms with E-state index >= 15 is 0 Å². The molecule has 0 saturated heterocycles. The highest BCUT2D eigenvalue weighted by molar-refractivity contribution is 9.10. The molecular weight excluding hydrogens is 304 g/mol. The number of rotatable bonds is 4. The molecule has 0 radical (unpaired) electrons. The van der Waals surface area contributed by atoms with Crippen molar-refractivity contribution in [1.29, 1.82) is 0 Å². The summed E-state index contributed by atoms with van der Waals surface area (Å²) in [5, 5.41) is 6.29. The zero-order valence-corrected chi connectivity index (χ0v) is 12.9. The molecule has 1 saturated carbocycles. The highest BCUT2D eigenvalue weighted by Crippen LogP contribution is 2.25. The number of amides is 1. The molecule has 0 spiro atoms. The topological polar surface area (TPSA) is 41.1 Å². The number of aryl methyl sites for hydroxylation is 1. The summed E-state index contributed by atoms with van der Waals surface area (Å²) in [4.78, 5) is 11.9. The van der Waals surface area contributed by atoms with Gasteiger partial charge in [0, 0.05) is 16.2 Å². The van der Waals surface area contributed by atoms with Gasteiger partial charge in [-0.25, -0.2) is 0 Å². The molecule has 19 heavy (non-hydrogen) atoms. The normalized spacial score (nSPS) is 16.1. The molecule has 1 aromatic carbocycles. The number of benzene rings is 1. The van der Waals surface area contributed by atoms with Crippen LogP contribution in [0, 0.1) is 6.92 Å². The predicted molar refractivity (Wildman–Crippen MR) is 82.4 cm³/mol. The van der Waals surface area contributed by atoms with Crippen molar-refractivity contribution in [2.45, 2.75) is 45.1 Å². The monoisotopic (exact) mass is 324 g/mol. The highest BCUT2D eigenvalue weighted by Gasteiger charge is 2.15. The lowest BCUT2D eigenvalue weighted by atomic mass is 9.95. The minimum Gasteiger partial charge on any atom is -0.375 e. The molecule has 1 fully saturated rings. The van der Waals surface area contributed by atoms with Gasteiger partial charge in [-0.2, -0.15) is 0 Å².